The molecule has 7 nitrogen and oxygen atoms in total. The Kier molecular flexibility index (Phi) is 2.53. The number of aromatic nitrogens is 4. The number of carboxylic acid groups (broad SMARTS) is 1. The van der Waals surface area contributed by atoms with E-state index in [0.29, 0.717) is 18.9 Å². The van der Waals surface area contributed by atoms with E-state index >= 15 is 0 Å². The number of aliphatic carboxylic acids is 1. The Morgan fingerprint density at radius 3 is 2.81 bits per heavy atom. The van der Waals surface area contributed by atoms with Gasteiger partial charge in [0.2, 0.25) is 5.95 Å². The molecule has 0 aliphatic carbocycles. The Morgan fingerprint density at radius 2 is 2.25 bits per heavy atom. The molecule has 0 radical (unpaired) electrons. The van der Waals surface area contributed by atoms with Crippen molar-refractivity contribution < 1.29 is 9.90 Å². The fraction of sp³-hybridized carbons (Fsp3) is 0.778. The van der Waals surface area contributed by atoms with Gasteiger partial charge in [-0.05, 0) is 36.6 Å². The van der Waals surface area contributed by atoms with E-state index in [9.17, 15) is 9.90 Å². The molecule has 0 bridgehead atoms. The molecule has 1 aliphatic heterocycles. The Morgan fingerprint density at radius 1 is 1.50 bits per heavy atom. The molecule has 1 aromatic rings. The molecule has 1 aliphatic rings. The van der Waals surface area contributed by atoms with E-state index in [4.69, 9.17) is 0 Å². The van der Waals surface area contributed by atoms with Crippen LogP contribution in [0, 0.1) is 0 Å². The van der Waals surface area contributed by atoms with Gasteiger partial charge in [0.05, 0.1) is 0 Å². The lowest BCUT2D eigenvalue weighted by Gasteiger charge is -2.41. The van der Waals surface area contributed by atoms with Gasteiger partial charge in [0.1, 0.15) is 5.54 Å². The van der Waals surface area contributed by atoms with Crippen molar-refractivity contribution in [2.24, 2.45) is 7.05 Å². The highest BCUT2D eigenvalue weighted by Gasteiger charge is 2.43. The Bertz CT molecular complexity index is 404. The lowest BCUT2D eigenvalue weighted by molar-refractivity contribution is -0.143. The zero-order valence-corrected chi connectivity index (χ0v) is 9.42. The van der Waals surface area contributed by atoms with E-state index in [1.807, 2.05) is 0 Å². The second kappa shape index (κ2) is 3.73. The van der Waals surface area contributed by atoms with Crippen molar-refractivity contribution in [3.05, 3.63) is 0 Å². The molecule has 1 fully saturated rings. The molecular formula is C9H15N5O2. The van der Waals surface area contributed by atoms with Gasteiger partial charge >= 0.3 is 5.97 Å². The standard InChI is InChI=1S/C9H15N5O2/c1-9(7(15)16)5-3-4-6-14(9)8-10-11-12-13(8)2/h3-6H2,1-2H3,(H,15,16). The summed E-state index contributed by atoms with van der Waals surface area (Å²) in [7, 11) is 1.71. The van der Waals surface area contributed by atoms with Gasteiger partial charge in [-0.25, -0.2) is 9.48 Å². The minimum Gasteiger partial charge on any atom is -0.480 e. The van der Waals surface area contributed by atoms with Gasteiger partial charge < -0.3 is 10.0 Å². The molecule has 1 saturated heterocycles. The van der Waals surface area contributed by atoms with Crippen LogP contribution in [0.5, 0.6) is 0 Å². The predicted molar refractivity (Wildman–Crippen MR) is 56.0 cm³/mol. The number of carbonyl (C=O) groups is 1. The number of carboxylic acids is 1. The minimum absolute atomic E-state index is 0.518. The third kappa shape index (κ3) is 1.52. The molecule has 0 amide bonds. The maximum atomic E-state index is 11.4. The average molecular weight is 225 g/mol. The van der Waals surface area contributed by atoms with Crippen molar-refractivity contribution in [2.75, 3.05) is 11.4 Å². The smallest absolute Gasteiger partial charge is 0.329 e. The first-order valence-corrected chi connectivity index (χ1v) is 5.29. The van der Waals surface area contributed by atoms with Gasteiger partial charge in [-0.3, -0.25) is 0 Å². The van der Waals surface area contributed by atoms with E-state index in [1.54, 1.807) is 18.9 Å². The van der Waals surface area contributed by atoms with Crippen molar-refractivity contribution in [1.82, 2.24) is 20.2 Å². The molecule has 0 saturated carbocycles. The minimum atomic E-state index is -0.902. The first-order valence-electron chi connectivity index (χ1n) is 5.29. The molecule has 0 spiro atoms. The SMILES string of the molecule is Cn1nnnc1N1CCCCC1(C)C(=O)O. The second-order valence-corrected chi connectivity index (χ2v) is 4.29. The summed E-state index contributed by atoms with van der Waals surface area (Å²) in [5.41, 5.74) is -0.902. The van der Waals surface area contributed by atoms with E-state index in [2.05, 4.69) is 15.5 Å². The van der Waals surface area contributed by atoms with E-state index in [1.165, 1.54) is 4.68 Å². The highest BCUT2D eigenvalue weighted by Crippen LogP contribution is 2.31. The van der Waals surface area contributed by atoms with Crippen LogP contribution in [0.3, 0.4) is 0 Å². The Hall–Kier alpha value is -1.66. The van der Waals surface area contributed by atoms with Crippen molar-refractivity contribution in [2.45, 2.75) is 31.7 Å². The van der Waals surface area contributed by atoms with Crippen molar-refractivity contribution in [1.29, 1.82) is 0 Å². The first-order chi connectivity index (χ1) is 7.55. The molecule has 2 rings (SSSR count). The summed E-state index contributed by atoms with van der Waals surface area (Å²) >= 11 is 0. The summed E-state index contributed by atoms with van der Waals surface area (Å²) in [5, 5.41) is 20.5. The molecule has 1 atom stereocenters. The molecule has 88 valence electrons. The lowest BCUT2D eigenvalue weighted by atomic mass is 9.89. The zero-order chi connectivity index (χ0) is 11.8. The van der Waals surface area contributed by atoms with Gasteiger partial charge in [-0.2, -0.15) is 0 Å². The number of hydrogen-bond donors (Lipinski definition) is 1. The molecule has 1 aromatic heterocycles. The van der Waals surface area contributed by atoms with Crippen LogP contribution in [-0.4, -0.2) is 43.4 Å². The average Bonchev–Trinajstić information content (AvgIpc) is 2.65. The highest BCUT2D eigenvalue weighted by molar-refractivity contribution is 5.82. The van der Waals surface area contributed by atoms with Crippen LogP contribution in [-0.2, 0) is 11.8 Å². The number of tetrazole rings is 1. The molecule has 0 aromatic carbocycles. The number of nitrogens with zero attached hydrogens (tertiary/aromatic N) is 5. The molecule has 1 N–H and O–H groups in total. The van der Waals surface area contributed by atoms with Crippen LogP contribution < -0.4 is 4.90 Å². The maximum absolute atomic E-state index is 11.4. The Balaban J connectivity index is 2.37. The topological polar surface area (TPSA) is 84.1 Å². The molecular weight excluding hydrogens is 210 g/mol. The fourth-order valence-electron chi connectivity index (χ4n) is 2.12. The summed E-state index contributed by atoms with van der Waals surface area (Å²) in [6.45, 7) is 2.40. The summed E-state index contributed by atoms with van der Waals surface area (Å²) < 4.78 is 1.51. The van der Waals surface area contributed by atoms with E-state index in [-0.39, 0.29) is 0 Å². The van der Waals surface area contributed by atoms with Crippen LogP contribution in [0.1, 0.15) is 26.2 Å². The highest BCUT2D eigenvalue weighted by atomic mass is 16.4. The quantitative estimate of drug-likeness (QED) is 0.765. The molecule has 2 heterocycles. The fourth-order valence-corrected chi connectivity index (χ4v) is 2.12. The third-order valence-electron chi connectivity index (χ3n) is 3.19. The third-order valence-corrected chi connectivity index (χ3v) is 3.19. The summed E-state index contributed by atoms with van der Waals surface area (Å²) in [6, 6.07) is 0. The summed E-state index contributed by atoms with van der Waals surface area (Å²) in [6.07, 6.45) is 2.51. The van der Waals surface area contributed by atoms with Gasteiger partial charge in [0.15, 0.2) is 0 Å². The first kappa shape index (κ1) is 10.8. The molecule has 16 heavy (non-hydrogen) atoms. The van der Waals surface area contributed by atoms with Crippen molar-refractivity contribution >= 4 is 11.9 Å². The monoisotopic (exact) mass is 225 g/mol. The van der Waals surface area contributed by atoms with Crippen LogP contribution in [0.2, 0.25) is 0 Å². The molecule has 1 unspecified atom stereocenters. The van der Waals surface area contributed by atoms with Crippen LogP contribution >= 0.6 is 0 Å². The second-order valence-electron chi connectivity index (χ2n) is 4.29. The van der Waals surface area contributed by atoms with Crippen LogP contribution in [0.4, 0.5) is 5.95 Å². The van der Waals surface area contributed by atoms with Gasteiger partial charge in [0.25, 0.3) is 0 Å². The van der Waals surface area contributed by atoms with E-state index in [0.717, 1.165) is 12.8 Å². The van der Waals surface area contributed by atoms with Crippen molar-refractivity contribution in [3.8, 4) is 0 Å². The summed E-state index contributed by atoms with van der Waals surface area (Å²) in [5.74, 6) is -0.306. The maximum Gasteiger partial charge on any atom is 0.329 e. The number of anilines is 1. The van der Waals surface area contributed by atoms with Gasteiger partial charge in [-0.1, -0.05) is 5.10 Å². The van der Waals surface area contributed by atoms with Gasteiger partial charge in [0, 0.05) is 13.6 Å². The predicted octanol–water partition coefficient (Wildman–Crippen LogP) is 0.0437. The number of aryl methyl sites for hydroxylation is 1. The van der Waals surface area contributed by atoms with Gasteiger partial charge in [-0.15, -0.1) is 0 Å². The Labute approximate surface area is 93.0 Å². The van der Waals surface area contributed by atoms with E-state index < -0.39 is 11.5 Å². The largest absolute Gasteiger partial charge is 0.480 e. The summed E-state index contributed by atoms with van der Waals surface area (Å²) in [4.78, 5) is 13.2. The van der Waals surface area contributed by atoms with Crippen LogP contribution in [0.15, 0.2) is 0 Å². The zero-order valence-electron chi connectivity index (χ0n) is 9.42. The normalized spacial score (nSPS) is 25.8. The number of rotatable bonds is 2. The molecule has 7 heteroatoms. The van der Waals surface area contributed by atoms with Crippen molar-refractivity contribution in [3.63, 3.8) is 0 Å². The number of piperidine rings is 1. The van der Waals surface area contributed by atoms with Crippen LogP contribution in [0.25, 0.3) is 0 Å². The lowest BCUT2D eigenvalue weighted by Crippen LogP contribution is -2.56. The number of hydrogen-bond acceptors (Lipinski definition) is 5.